The zero-order valence-corrected chi connectivity index (χ0v) is 7.16. The number of aromatic hydroxyl groups is 1. The molecule has 1 aromatic rings. The number of phenols is 1. The first-order valence-electron chi connectivity index (χ1n) is 4.19. The van der Waals surface area contributed by atoms with E-state index in [0.717, 1.165) is 12.0 Å². The summed E-state index contributed by atoms with van der Waals surface area (Å²) in [6, 6.07) is 3.13. The SMILES string of the molecule is Nc1cc2c(cc1O)[C@H](N)CCO2. The predicted molar refractivity (Wildman–Crippen MR) is 49.6 cm³/mol. The van der Waals surface area contributed by atoms with Crippen LogP contribution in [-0.2, 0) is 0 Å². The van der Waals surface area contributed by atoms with Gasteiger partial charge in [0, 0.05) is 24.1 Å². The maximum absolute atomic E-state index is 9.36. The van der Waals surface area contributed by atoms with Gasteiger partial charge in [0.2, 0.25) is 0 Å². The molecule has 0 aromatic heterocycles. The molecule has 0 spiro atoms. The van der Waals surface area contributed by atoms with Gasteiger partial charge in [-0.05, 0) is 6.07 Å². The number of anilines is 1. The highest BCUT2D eigenvalue weighted by molar-refractivity contribution is 5.59. The third-order valence-corrected chi connectivity index (χ3v) is 2.24. The van der Waals surface area contributed by atoms with Crippen molar-refractivity contribution in [3.8, 4) is 11.5 Å². The van der Waals surface area contributed by atoms with Crippen molar-refractivity contribution in [1.29, 1.82) is 0 Å². The first kappa shape index (κ1) is 8.19. The summed E-state index contributed by atoms with van der Waals surface area (Å²) in [7, 11) is 0. The van der Waals surface area contributed by atoms with Crippen LogP contribution in [0.2, 0.25) is 0 Å². The van der Waals surface area contributed by atoms with E-state index in [9.17, 15) is 5.11 Å². The molecule has 0 aliphatic carbocycles. The smallest absolute Gasteiger partial charge is 0.139 e. The molecular weight excluding hydrogens is 168 g/mol. The maximum atomic E-state index is 9.36. The lowest BCUT2D eigenvalue weighted by atomic mass is 10.0. The van der Waals surface area contributed by atoms with Gasteiger partial charge in [-0.15, -0.1) is 0 Å². The summed E-state index contributed by atoms with van der Waals surface area (Å²) in [6.45, 7) is 0.610. The molecule has 0 unspecified atom stereocenters. The molecule has 5 N–H and O–H groups in total. The lowest BCUT2D eigenvalue weighted by Gasteiger charge is -2.23. The van der Waals surface area contributed by atoms with E-state index in [1.54, 1.807) is 12.1 Å². The van der Waals surface area contributed by atoms with Crippen molar-refractivity contribution in [2.75, 3.05) is 12.3 Å². The van der Waals surface area contributed by atoms with Crippen LogP contribution in [0.3, 0.4) is 0 Å². The van der Waals surface area contributed by atoms with Gasteiger partial charge in [-0.25, -0.2) is 0 Å². The van der Waals surface area contributed by atoms with E-state index in [1.165, 1.54) is 0 Å². The average molecular weight is 180 g/mol. The number of nitrogens with two attached hydrogens (primary N) is 2. The Morgan fingerprint density at radius 2 is 2.23 bits per heavy atom. The maximum Gasteiger partial charge on any atom is 0.139 e. The molecule has 1 aliphatic heterocycles. The van der Waals surface area contributed by atoms with Crippen LogP contribution < -0.4 is 16.2 Å². The molecular formula is C9H12N2O2. The summed E-state index contributed by atoms with van der Waals surface area (Å²) < 4.78 is 5.36. The summed E-state index contributed by atoms with van der Waals surface area (Å²) >= 11 is 0. The molecule has 1 atom stereocenters. The normalized spacial score (nSPS) is 20.5. The number of hydrogen-bond acceptors (Lipinski definition) is 4. The van der Waals surface area contributed by atoms with E-state index < -0.39 is 0 Å². The zero-order valence-electron chi connectivity index (χ0n) is 7.16. The van der Waals surface area contributed by atoms with Crippen LogP contribution in [0.5, 0.6) is 11.5 Å². The molecule has 0 saturated heterocycles. The summed E-state index contributed by atoms with van der Waals surface area (Å²) in [5.41, 5.74) is 12.5. The monoisotopic (exact) mass is 180 g/mol. The number of rotatable bonds is 0. The highest BCUT2D eigenvalue weighted by Crippen LogP contribution is 2.36. The third-order valence-electron chi connectivity index (χ3n) is 2.24. The van der Waals surface area contributed by atoms with Gasteiger partial charge in [0.25, 0.3) is 0 Å². The molecule has 4 nitrogen and oxygen atoms in total. The minimum atomic E-state index is -0.0600. The fraction of sp³-hybridized carbons (Fsp3) is 0.333. The molecule has 0 bridgehead atoms. The van der Waals surface area contributed by atoms with Crippen LogP contribution in [0.25, 0.3) is 0 Å². The standard InChI is InChI=1S/C9H12N2O2/c10-6-1-2-13-9-4-7(11)8(12)3-5(6)9/h3-4,6,12H,1-2,10-11H2/t6-/m1/s1. The summed E-state index contributed by atoms with van der Waals surface area (Å²) in [6.07, 6.45) is 0.774. The second kappa shape index (κ2) is 2.81. The van der Waals surface area contributed by atoms with E-state index >= 15 is 0 Å². The van der Waals surface area contributed by atoms with Crippen LogP contribution in [0, 0.1) is 0 Å². The van der Waals surface area contributed by atoms with E-state index in [-0.39, 0.29) is 11.8 Å². The largest absolute Gasteiger partial charge is 0.506 e. The van der Waals surface area contributed by atoms with Gasteiger partial charge in [0.15, 0.2) is 0 Å². The summed E-state index contributed by atoms with van der Waals surface area (Å²) in [5.74, 6) is 0.758. The van der Waals surface area contributed by atoms with E-state index in [1.807, 2.05) is 0 Å². The molecule has 4 heteroatoms. The topological polar surface area (TPSA) is 81.5 Å². The fourth-order valence-electron chi connectivity index (χ4n) is 1.47. The Morgan fingerprint density at radius 3 is 3.00 bits per heavy atom. The Hall–Kier alpha value is -1.42. The van der Waals surface area contributed by atoms with E-state index in [2.05, 4.69) is 0 Å². The van der Waals surface area contributed by atoms with Crippen molar-refractivity contribution in [3.63, 3.8) is 0 Å². The number of phenolic OH excluding ortho intramolecular Hbond substituents is 1. The molecule has 0 saturated carbocycles. The van der Waals surface area contributed by atoms with Gasteiger partial charge in [-0.3, -0.25) is 0 Å². The molecule has 0 radical (unpaired) electrons. The lowest BCUT2D eigenvalue weighted by molar-refractivity contribution is 0.268. The molecule has 1 aliphatic rings. The molecule has 13 heavy (non-hydrogen) atoms. The summed E-state index contributed by atoms with van der Waals surface area (Å²) in [4.78, 5) is 0. The number of hydrogen-bond donors (Lipinski definition) is 3. The average Bonchev–Trinajstić information content (AvgIpc) is 2.09. The Labute approximate surface area is 76.1 Å². The third kappa shape index (κ3) is 1.29. The van der Waals surface area contributed by atoms with Crippen molar-refractivity contribution in [2.24, 2.45) is 5.73 Å². The van der Waals surface area contributed by atoms with Crippen molar-refractivity contribution in [3.05, 3.63) is 17.7 Å². The fourth-order valence-corrected chi connectivity index (χ4v) is 1.47. The minimum absolute atomic E-state index is 0.0600. The van der Waals surface area contributed by atoms with Gasteiger partial charge in [-0.2, -0.15) is 0 Å². The Kier molecular flexibility index (Phi) is 1.77. The van der Waals surface area contributed by atoms with Gasteiger partial charge >= 0.3 is 0 Å². The number of benzene rings is 1. The van der Waals surface area contributed by atoms with Crippen molar-refractivity contribution in [1.82, 2.24) is 0 Å². The van der Waals surface area contributed by atoms with Gasteiger partial charge in [-0.1, -0.05) is 0 Å². The van der Waals surface area contributed by atoms with E-state index in [4.69, 9.17) is 16.2 Å². The quantitative estimate of drug-likeness (QED) is 0.406. The van der Waals surface area contributed by atoms with Crippen LogP contribution in [0.4, 0.5) is 5.69 Å². The predicted octanol–water partition coefficient (Wildman–Crippen LogP) is 0.757. The number of nitrogen functional groups attached to an aromatic ring is 1. The molecule has 0 fully saturated rings. The van der Waals surface area contributed by atoms with Crippen LogP contribution in [0.15, 0.2) is 12.1 Å². The van der Waals surface area contributed by atoms with Crippen LogP contribution >= 0.6 is 0 Å². The Morgan fingerprint density at radius 1 is 1.46 bits per heavy atom. The second-order valence-electron chi connectivity index (χ2n) is 3.19. The van der Waals surface area contributed by atoms with Crippen molar-refractivity contribution < 1.29 is 9.84 Å². The molecule has 0 amide bonds. The lowest BCUT2D eigenvalue weighted by Crippen LogP contribution is -2.20. The number of ether oxygens (including phenoxy) is 1. The van der Waals surface area contributed by atoms with Gasteiger partial charge in [0.05, 0.1) is 12.3 Å². The highest BCUT2D eigenvalue weighted by Gasteiger charge is 2.19. The first-order valence-corrected chi connectivity index (χ1v) is 4.19. The zero-order chi connectivity index (χ0) is 9.42. The molecule has 1 heterocycles. The van der Waals surface area contributed by atoms with E-state index in [0.29, 0.717) is 18.0 Å². The molecule has 70 valence electrons. The van der Waals surface area contributed by atoms with Crippen LogP contribution in [0.1, 0.15) is 18.0 Å². The summed E-state index contributed by atoms with van der Waals surface area (Å²) in [5, 5.41) is 9.36. The molecule has 1 aromatic carbocycles. The highest BCUT2D eigenvalue weighted by atomic mass is 16.5. The van der Waals surface area contributed by atoms with Crippen molar-refractivity contribution in [2.45, 2.75) is 12.5 Å². The van der Waals surface area contributed by atoms with Crippen molar-refractivity contribution >= 4 is 5.69 Å². The Bertz CT molecular complexity index is 339. The van der Waals surface area contributed by atoms with Gasteiger partial charge < -0.3 is 21.3 Å². The number of fused-ring (bicyclic) bond motifs is 1. The minimum Gasteiger partial charge on any atom is -0.506 e. The second-order valence-corrected chi connectivity index (χ2v) is 3.19. The first-order chi connectivity index (χ1) is 6.18. The van der Waals surface area contributed by atoms with Gasteiger partial charge in [0.1, 0.15) is 11.5 Å². The van der Waals surface area contributed by atoms with Crippen LogP contribution in [-0.4, -0.2) is 11.7 Å². The Balaban J connectivity index is 2.52. The molecule has 2 rings (SSSR count).